The Labute approximate surface area is 132 Å². The van der Waals surface area contributed by atoms with Gasteiger partial charge in [-0.2, -0.15) is 23.5 Å². The van der Waals surface area contributed by atoms with Gasteiger partial charge in [-0.25, -0.2) is 0 Å². The zero-order valence-corrected chi connectivity index (χ0v) is 14.5. The van der Waals surface area contributed by atoms with E-state index < -0.39 is 0 Å². The first kappa shape index (κ1) is 16.3. The fraction of sp³-hybridized carbons (Fsp3) is 0.933. The molecule has 2 aliphatic rings. The molecule has 2 unspecified atom stereocenters. The van der Waals surface area contributed by atoms with Crippen molar-refractivity contribution >= 4 is 29.5 Å². The van der Waals surface area contributed by atoms with Crippen LogP contribution in [0.1, 0.15) is 38.5 Å². The van der Waals surface area contributed by atoms with Crippen molar-refractivity contribution in [3.63, 3.8) is 0 Å². The van der Waals surface area contributed by atoms with Crippen molar-refractivity contribution in [3.8, 4) is 0 Å². The number of aliphatic imine (C=N–C) groups is 1. The van der Waals surface area contributed by atoms with Crippen LogP contribution in [0, 0.1) is 5.92 Å². The SMILES string of the molecule is CN=C(NCC1CCSCC1)NC1CCCC(SC)C1. The molecular weight excluding hydrogens is 286 g/mol. The molecule has 1 aliphatic heterocycles. The quantitative estimate of drug-likeness (QED) is 0.618. The molecule has 3 nitrogen and oxygen atoms in total. The van der Waals surface area contributed by atoms with Gasteiger partial charge in [0.25, 0.3) is 0 Å². The van der Waals surface area contributed by atoms with Crippen LogP contribution in [-0.2, 0) is 0 Å². The predicted octanol–water partition coefficient (Wildman–Crippen LogP) is 2.97. The fourth-order valence-corrected chi connectivity index (χ4v) is 5.10. The van der Waals surface area contributed by atoms with E-state index in [9.17, 15) is 0 Å². The molecule has 0 aromatic carbocycles. The lowest BCUT2D eigenvalue weighted by atomic mass is 9.95. The average molecular weight is 316 g/mol. The Bertz CT molecular complexity index is 303. The number of nitrogens with one attached hydrogen (secondary N) is 2. The molecule has 20 heavy (non-hydrogen) atoms. The van der Waals surface area contributed by atoms with Gasteiger partial charge in [-0.05, 0) is 55.8 Å². The lowest BCUT2D eigenvalue weighted by Crippen LogP contribution is -2.47. The number of hydrogen-bond acceptors (Lipinski definition) is 3. The number of rotatable bonds is 4. The lowest BCUT2D eigenvalue weighted by molar-refractivity contribution is 0.415. The van der Waals surface area contributed by atoms with Gasteiger partial charge < -0.3 is 10.6 Å². The summed E-state index contributed by atoms with van der Waals surface area (Å²) < 4.78 is 0. The first-order valence-electron chi connectivity index (χ1n) is 7.89. The molecule has 2 fully saturated rings. The second kappa shape index (κ2) is 9.08. The first-order chi connectivity index (χ1) is 9.81. The van der Waals surface area contributed by atoms with Gasteiger partial charge in [-0.1, -0.05) is 6.42 Å². The minimum Gasteiger partial charge on any atom is -0.356 e. The molecule has 1 heterocycles. The average Bonchev–Trinajstić information content (AvgIpc) is 2.52. The van der Waals surface area contributed by atoms with E-state index in [2.05, 4.69) is 33.6 Å². The molecule has 116 valence electrons. The smallest absolute Gasteiger partial charge is 0.191 e. The van der Waals surface area contributed by atoms with Crippen LogP contribution in [0.15, 0.2) is 4.99 Å². The Balaban J connectivity index is 1.71. The van der Waals surface area contributed by atoms with E-state index in [4.69, 9.17) is 0 Å². The maximum atomic E-state index is 4.40. The van der Waals surface area contributed by atoms with Gasteiger partial charge in [0.05, 0.1) is 0 Å². The Morgan fingerprint density at radius 1 is 1.25 bits per heavy atom. The molecule has 0 amide bonds. The van der Waals surface area contributed by atoms with Crippen LogP contribution in [0.2, 0.25) is 0 Å². The number of nitrogens with zero attached hydrogens (tertiary/aromatic N) is 1. The zero-order chi connectivity index (χ0) is 14.2. The second-order valence-corrected chi connectivity index (χ2v) is 8.24. The molecule has 1 aliphatic carbocycles. The summed E-state index contributed by atoms with van der Waals surface area (Å²) in [6.45, 7) is 1.08. The summed E-state index contributed by atoms with van der Waals surface area (Å²) in [5.41, 5.74) is 0. The molecule has 5 heteroatoms. The van der Waals surface area contributed by atoms with E-state index in [0.29, 0.717) is 6.04 Å². The maximum Gasteiger partial charge on any atom is 0.191 e. The third-order valence-corrected chi connectivity index (χ3v) is 6.57. The summed E-state index contributed by atoms with van der Waals surface area (Å²) in [6, 6.07) is 0.606. The third kappa shape index (κ3) is 5.40. The molecular formula is C15H29N3S2. The van der Waals surface area contributed by atoms with Crippen LogP contribution in [0.4, 0.5) is 0 Å². The highest BCUT2D eigenvalue weighted by atomic mass is 32.2. The zero-order valence-electron chi connectivity index (χ0n) is 12.9. The van der Waals surface area contributed by atoms with E-state index in [0.717, 1.165) is 23.7 Å². The molecule has 0 spiro atoms. The topological polar surface area (TPSA) is 36.4 Å². The molecule has 2 atom stereocenters. The number of thioether (sulfide) groups is 2. The van der Waals surface area contributed by atoms with Gasteiger partial charge in [0, 0.05) is 24.9 Å². The Kier molecular flexibility index (Phi) is 7.42. The molecule has 2 rings (SSSR count). The van der Waals surface area contributed by atoms with Gasteiger partial charge in [0.1, 0.15) is 0 Å². The van der Waals surface area contributed by atoms with Crippen molar-refractivity contribution in [2.24, 2.45) is 10.9 Å². The molecule has 0 bridgehead atoms. The van der Waals surface area contributed by atoms with Crippen LogP contribution < -0.4 is 10.6 Å². The standard InChI is InChI=1S/C15H29N3S2/c1-16-15(17-11-12-6-8-20-9-7-12)18-13-4-3-5-14(10-13)19-2/h12-14H,3-11H2,1-2H3,(H2,16,17,18). The molecule has 0 aromatic heterocycles. The maximum absolute atomic E-state index is 4.40. The minimum atomic E-state index is 0.606. The molecule has 1 saturated heterocycles. The first-order valence-corrected chi connectivity index (χ1v) is 10.3. The number of hydrogen-bond donors (Lipinski definition) is 2. The second-order valence-electron chi connectivity index (χ2n) is 5.87. The number of guanidine groups is 1. The van der Waals surface area contributed by atoms with Crippen LogP contribution in [0.3, 0.4) is 0 Å². The van der Waals surface area contributed by atoms with E-state index in [1.165, 1.54) is 50.0 Å². The van der Waals surface area contributed by atoms with Crippen molar-refractivity contribution in [2.45, 2.75) is 49.8 Å². The third-order valence-electron chi connectivity index (χ3n) is 4.42. The van der Waals surface area contributed by atoms with E-state index in [-0.39, 0.29) is 0 Å². The summed E-state index contributed by atoms with van der Waals surface area (Å²) in [5.74, 6) is 4.50. The Morgan fingerprint density at radius 2 is 2.05 bits per heavy atom. The van der Waals surface area contributed by atoms with Crippen molar-refractivity contribution in [1.82, 2.24) is 10.6 Å². The van der Waals surface area contributed by atoms with Crippen molar-refractivity contribution < 1.29 is 0 Å². The Morgan fingerprint density at radius 3 is 2.75 bits per heavy atom. The van der Waals surface area contributed by atoms with Crippen molar-refractivity contribution in [3.05, 3.63) is 0 Å². The van der Waals surface area contributed by atoms with Gasteiger partial charge in [-0.3, -0.25) is 4.99 Å². The van der Waals surface area contributed by atoms with E-state index >= 15 is 0 Å². The van der Waals surface area contributed by atoms with Crippen LogP contribution in [0.25, 0.3) is 0 Å². The van der Waals surface area contributed by atoms with Gasteiger partial charge in [0.2, 0.25) is 0 Å². The summed E-state index contributed by atoms with van der Waals surface area (Å²) in [6.07, 6.45) is 10.2. The largest absolute Gasteiger partial charge is 0.356 e. The predicted molar refractivity (Wildman–Crippen MR) is 94.1 cm³/mol. The van der Waals surface area contributed by atoms with Crippen molar-refractivity contribution in [1.29, 1.82) is 0 Å². The summed E-state index contributed by atoms with van der Waals surface area (Å²) in [4.78, 5) is 4.40. The highest BCUT2D eigenvalue weighted by Crippen LogP contribution is 2.27. The van der Waals surface area contributed by atoms with E-state index in [1.807, 2.05) is 18.8 Å². The highest BCUT2D eigenvalue weighted by Gasteiger charge is 2.22. The minimum absolute atomic E-state index is 0.606. The molecule has 1 saturated carbocycles. The molecule has 0 radical (unpaired) electrons. The Hall–Kier alpha value is -0.0300. The lowest BCUT2D eigenvalue weighted by Gasteiger charge is -2.30. The summed E-state index contributed by atoms with van der Waals surface area (Å²) >= 11 is 4.11. The highest BCUT2D eigenvalue weighted by molar-refractivity contribution is 7.99. The van der Waals surface area contributed by atoms with Crippen LogP contribution in [-0.4, -0.2) is 48.6 Å². The summed E-state index contributed by atoms with van der Waals surface area (Å²) in [5, 5.41) is 8.00. The summed E-state index contributed by atoms with van der Waals surface area (Å²) in [7, 11) is 1.89. The van der Waals surface area contributed by atoms with Gasteiger partial charge >= 0.3 is 0 Å². The van der Waals surface area contributed by atoms with Crippen LogP contribution in [0.5, 0.6) is 0 Å². The molecule has 2 N–H and O–H groups in total. The van der Waals surface area contributed by atoms with Crippen molar-refractivity contribution in [2.75, 3.05) is 31.4 Å². The normalized spacial score (nSPS) is 29.2. The van der Waals surface area contributed by atoms with Gasteiger partial charge in [-0.15, -0.1) is 0 Å². The van der Waals surface area contributed by atoms with Gasteiger partial charge in [0.15, 0.2) is 5.96 Å². The fourth-order valence-electron chi connectivity index (χ4n) is 3.07. The molecule has 0 aromatic rings. The van der Waals surface area contributed by atoms with E-state index in [1.54, 1.807) is 0 Å². The van der Waals surface area contributed by atoms with Crippen LogP contribution >= 0.6 is 23.5 Å². The monoisotopic (exact) mass is 315 g/mol.